The predicted octanol–water partition coefficient (Wildman–Crippen LogP) is 6.60. The van der Waals surface area contributed by atoms with E-state index in [9.17, 15) is 22.0 Å². The Labute approximate surface area is 149 Å². The van der Waals surface area contributed by atoms with Crippen LogP contribution in [0.5, 0.6) is 0 Å². The Balaban J connectivity index is 1.97. The average molecular weight is 366 g/mol. The molecule has 0 N–H and O–H groups in total. The fourth-order valence-corrected chi connectivity index (χ4v) is 3.41. The molecule has 0 spiro atoms. The van der Waals surface area contributed by atoms with Crippen LogP contribution in [0.1, 0.15) is 54.9 Å². The van der Waals surface area contributed by atoms with Crippen LogP contribution in [0.4, 0.5) is 22.0 Å². The van der Waals surface area contributed by atoms with Crippen LogP contribution in [0.3, 0.4) is 0 Å². The van der Waals surface area contributed by atoms with Gasteiger partial charge in [0.05, 0.1) is 0 Å². The van der Waals surface area contributed by atoms with Gasteiger partial charge in [0.2, 0.25) is 0 Å². The first-order valence-corrected chi connectivity index (χ1v) is 8.77. The van der Waals surface area contributed by atoms with Gasteiger partial charge >= 0.3 is 0 Å². The summed E-state index contributed by atoms with van der Waals surface area (Å²) < 4.78 is 69.7. The molecular weight excluding hydrogens is 347 g/mol. The summed E-state index contributed by atoms with van der Waals surface area (Å²) in [4.78, 5) is 0. The second kappa shape index (κ2) is 7.60. The molecule has 1 aliphatic rings. The lowest BCUT2D eigenvalue weighted by atomic mass is 9.87. The summed E-state index contributed by atoms with van der Waals surface area (Å²) in [6, 6.07) is 3.49. The molecule has 0 amide bonds. The second-order valence-electron chi connectivity index (χ2n) is 6.62. The number of rotatable bonds is 5. The van der Waals surface area contributed by atoms with Gasteiger partial charge in [-0.1, -0.05) is 25.8 Å². The van der Waals surface area contributed by atoms with Crippen LogP contribution in [-0.2, 0) is 12.8 Å². The number of hydrogen-bond acceptors (Lipinski definition) is 0. The van der Waals surface area contributed by atoms with Gasteiger partial charge in [-0.15, -0.1) is 0 Å². The van der Waals surface area contributed by atoms with Gasteiger partial charge in [0.1, 0.15) is 11.6 Å². The molecule has 0 aromatic heterocycles. The summed E-state index contributed by atoms with van der Waals surface area (Å²) in [7, 11) is 0. The zero-order chi connectivity index (χ0) is 18.8. The molecule has 0 fully saturated rings. The van der Waals surface area contributed by atoms with Crippen LogP contribution in [0.25, 0.3) is 11.6 Å². The Morgan fingerprint density at radius 3 is 2.15 bits per heavy atom. The Morgan fingerprint density at radius 2 is 1.50 bits per heavy atom. The van der Waals surface area contributed by atoms with Gasteiger partial charge in [0, 0.05) is 5.56 Å². The van der Waals surface area contributed by atoms with Crippen LogP contribution < -0.4 is 0 Å². The lowest BCUT2D eigenvalue weighted by molar-refractivity contribution is 0.440. The van der Waals surface area contributed by atoms with Gasteiger partial charge in [-0.05, 0) is 66.1 Å². The van der Waals surface area contributed by atoms with E-state index in [-0.39, 0.29) is 29.5 Å². The zero-order valence-electron chi connectivity index (χ0n) is 14.4. The molecule has 0 bridgehead atoms. The highest BCUT2D eigenvalue weighted by Crippen LogP contribution is 2.35. The highest BCUT2D eigenvalue weighted by Gasteiger charge is 2.24. The Bertz CT molecular complexity index is 844. The fourth-order valence-electron chi connectivity index (χ4n) is 3.41. The van der Waals surface area contributed by atoms with E-state index in [1.54, 1.807) is 0 Å². The van der Waals surface area contributed by atoms with Crippen LogP contribution in [-0.4, -0.2) is 0 Å². The van der Waals surface area contributed by atoms with Crippen molar-refractivity contribution < 1.29 is 22.0 Å². The van der Waals surface area contributed by atoms with Gasteiger partial charge in [-0.3, -0.25) is 0 Å². The normalized spacial score (nSPS) is 13.5. The zero-order valence-corrected chi connectivity index (χ0v) is 14.4. The van der Waals surface area contributed by atoms with Gasteiger partial charge in [-0.25, -0.2) is 22.0 Å². The summed E-state index contributed by atoms with van der Waals surface area (Å²) in [5.74, 6) is -5.44. The number of halogens is 5. The third-order valence-corrected chi connectivity index (χ3v) is 4.76. The van der Waals surface area contributed by atoms with Crippen molar-refractivity contribution in [2.75, 3.05) is 0 Å². The standard InChI is InChI=1S/C21H19F5/c1-2-3-4-5-12-8-16(22)19(17(23)9-12)13-6-7-15-14(10-13)11-18(24)21(26)20(15)25/h8-11H,2-7H2,1H3. The maximum absolute atomic E-state index is 14.5. The Morgan fingerprint density at radius 1 is 0.808 bits per heavy atom. The molecule has 0 nitrogen and oxygen atoms in total. The minimum absolute atomic E-state index is 0.0321. The van der Waals surface area contributed by atoms with Crippen LogP contribution in [0, 0.1) is 29.1 Å². The highest BCUT2D eigenvalue weighted by molar-refractivity contribution is 5.85. The van der Waals surface area contributed by atoms with E-state index in [2.05, 4.69) is 6.92 Å². The number of hydrogen-bond donors (Lipinski definition) is 0. The summed E-state index contributed by atoms with van der Waals surface area (Å²) in [5, 5.41) is 0. The topological polar surface area (TPSA) is 0 Å². The number of allylic oxidation sites excluding steroid dienone is 1. The van der Waals surface area contributed by atoms with E-state index in [1.807, 2.05) is 0 Å². The number of aryl methyl sites for hydroxylation is 1. The second-order valence-corrected chi connectivity index (χ2v) is 6.62. The molecule has 0 saturated heterocycles. The SMILES string of the molecule is CCCCCc1cc(F)c(C2=Cc3cc(F)c(F)c(F)c3CC2)c(F)c1. The Hall–Kier alpha value is -2.17. The van der Waals surface area contributed by atoms with Gasteiger partial charge in [0.15, 0.2) is 17.5 Å². The quantitative estimate of drug-likeness (QED) is 0.318. The summed E-state index contributed by atoms with van der Waals surface area (Å²) >= 11 is 0. The largest absolute Gasteiger partial charge is 0.206 e. The summed E-state index contributed by atoms with van der Waals surface area (Å²) in [6.07, 6.45) is 5.00. The fraction of sp³-hybridized carbons (Fsp3) is 0.333. The van der Waals surface area contributed by atoms with Gasteiger partial charge < -0.3 is 0 Å². The molecule has 3 rings (SSSR count). The molecule has 0 saturated carbocycles. The molecule has 5 heteroatoms. The molecule has 0 aliphatic heterocycles. The van der Waals surface area contributed by atoms with Gasteiger partial charge in [0.25, 0.3) is 0 Å². The maximum Gasteiger partial charge on any atom is 0.194 e. The van der Waals surface area contributed by atoms with Crippen molar-refractivity contribution in [3.8, 4) is 0 Å². The summed E-state index contributed by atoms with van der Waals surface area (Å²) in [5.41, 5.74) is 0.879. The lowest BCUT2D eigenvalue weighted by Gasteiger charge is -2.19. The van der Waals surface area contributed by atoms with Crippen molar-refractivity contribution in [2.45, 2.75) is 45.4 Å². The molecule has 26 heavy (non-hydrogen) atoms. The van der Waals surface area contributed by atoms with Crippen LogP contribution in [0.15, 0.2) is 18.2 Å². The van der Waals surface area contributed by atoms with E-state index in [1.165, 1.54) is 18.2 Å². The van der Waals surface area contributed by atoms with Crippen LogP contribution >= 0.6 is 0 Å². The van der Waals surface area contributed by atoms with Crippen LogP contribution in [0.2, 0.25) is 0 Å². The minimum Gasteiger partial charge on any atom is -0.206 e. The summed E-state index contributed by atoms with van der Waals surface area (Å²) in [6.45, 7) is 2.05. The third kappa shape index (κ3) is 3.53. The maximum atomic E-state index is 14.5. The molecule has 0 heterocycles. The molecular formula is C21H19F5. The average Bonchev–Trinajstić information content (AvgIpc) is 2.59. The van der Waals surface area contributed by atoms with Crippen molar-refractivity contribution in [1.82, 2.24) is 0 Å². The third-order valence-electron chi connectivity index (χ3n) is 4.76. The van der Waals surface area contributed by atoms with Gasteiger partial charge in [-0.2, -0.15) is 0 Å². The number of benzene rings is 2. The first-order chi connectivity index (χ1) is 12.4. The first-order valence-electron chi connectivity index (χ1n) is 8.77. The molecule has 2 aromatic rings. The van der Waals surface area contributed by atoms with Crippen molar-refractivity contribution in [3.05, 3.63) is 69.5 Å². The first kappa shape index (κ1) is 18.6. The van der Waals surface area contributed by atoms with E-state index in [4.69, 9.17) is 0 Å². The molecule has 0 unspecified atom stereocenters. The number of fused-ring (bicyclic) bond motifs is 1. The Kier molecular flexibility index (Phi) is 5.44. The van der Waals surface area contributed by atoms with E-state index in [0.717, 1.165) is 25.3 Å². The lowest BCUT2D eigenvalue weighted by Crippen LogP contribution is -2.08. The smallest absolute Gasteiger partial charge is 0.194 e. The molecule has 138 valence electrons. The molecule has 2 aromatic carbocycles. The highest BCUT2D eigenvalue weighted by atomic mass is 19.2. The van der Waals surface area contributed by atoms with Crippen molar-refractivity contribution >= 4 is 11.6 Å². The van der Waals surface area contributed by atoms with E-state index >= 15 is 0 Å². The van der Waals surface area contributed by atoms with Crippen molar-refractivity contribution in [2.24, 2.45) is 0 Å². The predicted molar refractivity (Wildman–Crippen MR) is 92.1 cm³/mol. The molecule has 0 atom stereocenters. The number of unbranched alkanes of at least 4 members (excludes halogenated alkanes) is 2. The van der Waals surface area contributed by atoms with Crippen molar-refractivity contribution in [1.29, 1.82) is 0 Å². The minimum atomic E-state index is -1.52. The van der Waals surface area contributed by atoms with E-state index < -0.39 is 29.1 Å². The molecule has 1 aliphatic carbocycles. The van der Waals surface area contributed by atoms with Crippen molar-refractivity contribution in [3.63, 3.8) is 0 Å². The molecule has 0 radical (unpaired) electrons. The monoisotopic (exact) mass is 366 g/mol. The van der Waals surface area contributed by atoms with E-state index in [0.29, 0.717) is 17.6 Å².